The lowest BCUT2D eigenvalue weighted by Gasteiger charge is -2.13. The number of rotatable bonds is 6. The Kier molecular flexibility index (Phi) is 4.00. The summed E-state index contributed by atoms with van der Waals surface area (Å²) < 4.78 is 19.0. The maximum absolute atomic E-state index is 13.5. The van der Waals surface area contributed by atoms with Crippen molar-refractivity contribution in [1.29, 1.82) is 0 Å². The summed E-state index contributed by atoms with van der Waals surface area (Å²) in [6, 6.07) is 4.92. The zero-order valence-corrected chi connectivity index (χ0v) is 10.3. The molecule has 3 heteroatoms. The zero-order valence-electron chi connectivity index (χ0n) is 10.3. The molecule has 1 atom stereocenters. The Morgan fingerprint density at radius 3 is 2.88 bits per heavy atom. The summed E-state index contributed by atoms with van der Waals surface area (Å²) in [5.41, 5.74) is 6.97. The average Bonchev–Trinajstić information content (AvgIpc) is 3.12. The first-order valence-electron chi connectivity index (χ1n) is 6.38. The number of halogens is 1. The molecule has 1 aromatic rings. The van der Waals surface area contributed by atoms with Crippen LogP contribution in [0.1, 0.15) is 44.2 Å². The van der Waals surface area contributed by atoms with Crippen LogP contribution >= 0.6 is 0 Å². The fourth-order valence-electron chi connectivity index (χ4n) is 1.83. The Morgan fingerprint density at radius 2 is 2.24 bits per heavy atom. The number of nitrogens with two attached hydrogens (primary N) is 1. The number of hydrogen-bond acceptors (Lipinski definition) is 2. The molecule has 1 aromatic carbocycles. The van der Waals surface area contributed by atoms with Crippen molar-refractivity contribution in [3.8, 4) is 5.75 Å². The summed E-state index contributed by atoms with van der Waals surface area (Å²) in [7, 11) is 0. The van der Waals surface area contributed by atoms with E-state index < -0.39 is 0 Å². The topological polar surface area (TPSA) is 35.2 Å². The van der Waals surface area contributed by atoms with Crippen molar-refractivity contribution in [2.45, 2.75) is 38.6 Å². The van der Waals surface area contributed by atoms with Crippen LogP contribution < -0.4 is 10.5 Å². The molecule has 0 spiro atoms. The third-order valence-electron chi connectivity index (χ3n) is 3.15. The van der Waals surface area contributed by atoms with E-state index in [9.17, 15) is 4.39 Å². The van der Waals surface area contributed by atoms with E-state index in [4.69, 9.17) is 10.5 Å². The molecule has 1 fully saturated rings. The van der Waals surface area contributed by atoms with E-state index in [2.05, 4.69) is 6.92 Å². The van der Waals surface area contributed by atoms with Crippen LogP contribution in [0.4, 0.5) is 4.39 Å². The second-order valence-electron chi connectivity index (χ2n) is 4.84. The summed E-state index contributed by atoms with van der Waals surface area (Å²) in [6.45, 7) is 2.72. The SMILES string of the molecule is CCC[C@@H](N)c1ccc(F)c(OCC2CC2)c1. The summed E-state index contributed by atoms with van der Waals surface area (Å²) in [4.78, 5) is 0. The van der Waals surface area contributed by atoms with Gasteiger partial charge in [-0.05, 0) is 42.9 Å². The molecule has 0 amide bonds. The minimum Gasteiger partial charge on any atom is -0.490 e. The van der Waals surface area contributed by atoms with Gasteiger partial charge in [0.25, 0.3) is 0 Å². The Morgan fingerprint density at radius 1 is 1.47 bits per heavy atom. The largest absolute Gasteiger partial charge is 0.490 e. The second kappa shape index (κ2) is 5.50. The predicted molar refractivity (Wildman–Crippen MR) is 66.5 cm³/mol. The molecule has 0 aliphatic heterocycles. The molecule has 0 radical (unpaired) electrons. The van der Waals surface area contributed by atoms with Crippen LogP contribution in [-0.4, -0.2) is 6.61 Å². The van der Waals surface area contributed by atoms with E-state index in [1.807, 2.05) is 0 Å². The summed E-state index contributed by atoms with van der Waals surface area (Å²) in [5.74, 6) is 0.682. The Labute approximate surface area is 102 Å². The van der Waals surface area contributed by atoms with Crippen molar-refractivity contribution >= 4 is 0 Å². The van der Waals surface area contributed by atoms with Crippen LogP contribution in [0.5, 0.6) is 5.75 Å². The standard InChI is InChI=1S/C14H20FNO/c1-2-3-13(16)11-6-7-12(15)14(8-11)17-9-10-4-5-10/h6-8,10,13H,2-5,9,16H2,1H3/t13-/m1/s1. The first-order chi connectivity index (χ1) is 8.20. The molecule has 0 heterocycles. The van der Waals surface area contributed by atoms with E-state index in [1.54, 1.807) is 12.1 Å². The molecule has 17 heavy (non-hydrogen) atoms. The summed E-state index contributed by atoms with van der Waals surface area (Å²) >= 11 is 0. The second-order valence-corrected chi connectivity index (χ2v) is 4.84. The van der Waals surface area contributed by atoms with Gasteiger partial charge in [0.2, 0.25) is 0 Å². The van der Waals surface area contributed by atoms with E-state index in [0.717, 1.165) is 18.4 Å². The van der Waals surface area contributed by atoms with Crippen molar-refractivity contribution in [2.24, 2.45) is 11.7 Å². The van der Waals surface area contributed by atoms with Crippen molar-refractivity contribution in [3.63, 3.8) is 0 Å². The first-order valence-corrected chi connectivity index (χ1v) is 6.38. The fourth-order valence-corrected chi connectivity index (χ4v) is 1.83. The summed E-state index contributed by atoms with van der Waals surface area (Å²) in [6.07, 6.45) is 4.35. The monoisotopic (exact) mass is 237 g/mol. The molecular formula is C14H20FNO. The van der Waals surface area contributed by atoms with Gasteiger partial charge in [-0.15, -0.1) is 0 Å². The molecule has 94 valence electrons. The van der Waals surface area contributed by atoms with Crippen molar-refractivity contribution in [1.82, 2.24) is 0 Å². The Balaban J connectivity index is 2.04. The quantitative estimate of drug-likeness (QED) is 0.822. The lowest BCUT2D eigenvalue weighted by atomic mass is 10.0. The molecule has 2 nitrogen and oxygen atoms in total. The molecule has 0 aromatic heterocycles. The highest BCUT2D eigenvalue weighted by atomic mass is 19.1. The lowest BCUT2D eigenvalue weighted by Crippen LogP contribution is -2.10. The molecule has 2 N–H and O–H groups in total. The highest BCUT2D eigenvalue weighted by molar-refractivity contribution is 5.32. The molecular weight excluding hydrogens is 217 g/mol. The van der Waals surface area contributed by atoms with Crippen LogP contribution in [0.3, 0.4) is 0 Å². The van der Waals surface area contributed by atoms with E-state index >= 15 is 0 Å². The van der Waals surface area contributed by atoms with Gasteiger partial charge in [0.05, 0.1) is 6.61 Å². The lowest BCUT2D eigenvalue weighted by molar-refractivity contribution is 0.285. The maximum atomic E-state index is 13.5. The van der Waals surface area contributed by atoms with Crippen LogP contribution in [-0.2, 0) is 0 Å². The van der Waals surface area contributed by atoms with E-state index in [-0.39, 0.29) is 11.9 Å². The van der Waals surface area contributed by atoms with E-state index in [0.29, 0.717) is 18.3 Å². The van der Waals surface area contributed by atoms with Gasteiger partial charge in [-0.3, -0.25) is 0 Å². The van der Waals surface area contributed by atoms with Crippen molar-refractivity contribution in [3.05, 3.63) is 29.6 Å². The van der Waals surface area contributed by atoms with Crippen LogP contribution in [0, 0.1) is 11.7 Å². The molecule has 1 aliphatic carbocycles. The molecule has 0 bridgehead atoms. The van der Waals surface area contributed by atoms with Gasteiger partial charge < -0.3 is 10.5 Å². The van der Waals surface area contributed by atoms with Crippen LogP contribution in [0.2, 0.25) is 0 Å². The molecule has 1 saturated carbocycles. The van der Waals surface area contributed by atoms with Gasteiger partial charge in [0.1, 0.15) is 0 Å². The van der Waals surface area contributed by atoms with Gasteiger partial charge in [-0.2, -0.15) is 0 Å². The number of benzene rings is 1. The minimum absolute atomic E-state index is 0.0242. The number of ether oxygens (including phenoxy) is 1. The normalized spacial score (nSPS) is 16.9. The average molecular weight is 237 g/mol. The third-order valence-corrected chi connectivity index (χ3v) is 3.15. The zero-order chi connectivity index (χ0) is 12.3. The van der Waals surface area contributed by atoms with Crippen LogP contribution in [0.25, 0.3) is 0 Å². The van der Waals surface area contributed by atoms with Gasteiger partial charge in [-0.25, -0.2) is 4.39 Å². The molecule has 1 aliphatic rings. The highest BCUT2D eigenvalue weighted by Gasteiger charge is 2.22. The Bertz CT molecular complexity index is 376. The van der Waals surface area contributed by atoms with Gasteiger partial charge in [0, 0.05) is 6.04 Å². The molecule has 0 saturated heterocycles. The fraction of sp³-hybridized carbons (Fsp3) is 0.571. The maximum Gasteiger partial charge on any atom is 0.165 e. The predicted octanol–water partition coefficient (Wildman–Crippen LogP) is 3.41. The van der Waals surface area contributed by atoms with Gasteiger partial charge in [-0.1, -0.05) is 19.4 Å². The van der Waals surface area contributed by atoms with Gasteiger partial charge in [0.15, 0.2) is 11.6 Å². The van der Waals surface area contributed by atoms with Crippen molar-refractivity contribution < 1.29 is 9.13 Å². The number of hydrogen-bond donors (Lipinski definition) is 1. The summed E-state index contributed by atoms with van der Waals surface area (Å²) in [5, 5.41) is 0. The minimum atomic E-state index is -0.293. The molecule has 2 rings (SSSR count). The van der Waals surface area contributed by atoms with E-state index in [1.165, 1.54) is 18.9 Å². The van der Waals surface area contributed by atoms with Crippen molar-refractivity contribution in [2.75, 3.05) is 6.61 Å². The third kappa shape index (κ3) is 3.43. The Hall–Kier alpha value is -1.09. The smallest absolute Gasteiger partial charge is 0.165 e. The first kappa shape index (κ1) is 12.4. The molecule has 0 unspecified atom stereocenters. The highest BCUT2D eigenvalue weighted by Crippen LogP contribution is 2.31. The van der Waals surface area contributed by atoms with Crippen LogP contribution in [0.15, 0.2) is 18.2 Å². The van der Waals surface area contributed by atoms with Gasteiger partial charge >= 0.3 is 0 Å².